The van der Waals surface area contributed by atoms with Gasteiger partial charge in [0.1, 0.15) is 0 Å². The van der Waals surface area contributed by atoms with Crippen molar-refractivity contribution in [2.24, 2.45) is 0 Å². The van der Waals surface area contributed by atoms with E-state index >= 15 is 0 Å². The van der Waals surface area contributed by atoms with E-state index in [1.807, 2.05) is 37.4 Å². The highest BCUT2D eigenvalue weighted by Gasteiger charge is 2.18. The van der Waals surface area contributed by atoms with Crippen LogP contribution in [0.4, 0.5) is 0 Å². The summed E-state index contributed by atoms with van der Waals surface area (Å²) in [7, 11) is 0. The molecule has 10 heteroatoms. The van der Waals surface area contributed by atoms with Crippen molar-refractivity contribution >= 4 is 23.1 Å². The summed E-state index contributed by atoms with van der Waals surface area (Å²) in [5.74, 6) is 0.188. The Morgan fingerprint density at radius 2 is 2.20 bits per heavy atom. The molecule has 0 aliphatic rings. The fourth-order valence-corrected chi connectivity index (χ4v) is 2.90. The Morgan fingerprint density at radius 3 is 3.00 bits per heavy atom. The Balaban J connectivity index is 1.48. The number of hydrogen-bond acceptors (Lipinski definition) is 9. The number of hydrogen-bond donors (Lipinski definition) is 0. The predicted octanol–water partition coefficient (Wildman–Crippen LogP) is 2.21. The maximum absolute atomic E-state index is 12.1. The number of carbonyl (C=O) groups excluding carboxylic acids is 1. The molecular weight excluding hydrogens is 344 g/mol. The number of ether oxygens (including phenoxy) is 1. The summed E-state index contributed by atoms with van der Waals surface area (Å²) >= 11 is 1.48. The van der Waals surface area contributed by atoms with Gasteiger partial charge in [-0.05, 0) is 31.4 Å². The second kappa shape index (κ2) is 6.06. The zero-order valence-corrected chi connectivity index (χ0v) is 14.1. The third-order valence-corrected chi connectivity index (χ3v) is 4.18. The van der Waals surface area contributed by atoms with E-state index in [4.69, 9.17) is 9.15 Å². The zero-order chi connectivity index (χ0) is 17.4. The van der Waals surface area contributed by atoms with Crippen LogP contribution in [0, 0.1) is 13.8 Å². The van der Waals surface area contributed by atoms with Crippen molar-refractivity contribution in [3.05, 3.63) is 46.7 Å². The van der Waals surface area contributed by atoms with Gasteiger partial charge in [-0.15, -0.1) is 26.6 Å². The molecule has 0 saturated carbocycles. The molecule has 0 bridgehead atoms. The van der Waals surface area contributed by atoms with E-state index in [0.29, 0.717) is 11.7 Å². The second-order valence-electron chi connectivity index (χ2n) is 5.24. The molecule has 0 spiro atoms. The molecule has 0 aliphatic carbocycles. The quantitative estimate of drug-likeness (QED) is 0.512. The number of thiophene rings is 1. The van der Waals surface area contributed by atoms with Gasteiger partial charge in [0.25, 0.3) is 23.4 Å². The van der Waals surface area contributed by atoms with Crippen molar-refractivity contribution < 1.29 is 13.9 Å². The maximum Gasteiger partial charge on any atom is 0.378 e. The van der Waals surface area contributed by atoms with Crippen LogP contribution in [-0.2, 0) is 11.3 Å². The molecule has 0 atom stereocenters. The minimum atomic E-state index is -0.682. The van der Waals surface area contributed by atoms with E-state index < -0.39 is 5.97 Å². The summed E-state index contributed by atoms with van der Waals surface area (Å²) in [5.41, 5.74) is 1.62. The SMILES string of the molecule is Cc1cc(C)n2nc(C(=O)OCc3nnc(-c4cccs4)o3)nc2n1. The number of fused-ring (bicyclic) bond motifs is 1. The van der Waals surface area contributed by atoms with E-state index in [-0.39, 0.29) is 18.3 Å². The monoisotopic (exact) mass is 356 g/mol. The maximum atomic E-state index is 12.1. The Labute approximate surface area is 145 Å². The molecule has 4 rings (SSSR count). The van der Waals surface area contributed by atoms with Crippen LogP contribution in [0.2, 0.25) is 0 Å². The lowest BCUT2D eigenvalue weighted by atomic mass is 10.4. The highest BCUT2D eigenvalue weighted by Crippen LogP contribution is 2.23. The molecule has 0 amide bonds. The lowest BCUT2D eigenvalue weighted by Crippen LogP contribution is -2.08. The smallest absolute Gasteiger partial charge is 0.378 e. The van der Waals surface area contributed by atoms with Crippen LogP contribution in [0.15, 0.2) is 28.0 Å². The van der Waals surface area contributed by atoms with Crippen molar-refractivity contribution in [3.8, 4) is 10.8 Å². The highest BCUT2D eigenvalue weighted by atomic mass is 32.1. The molecule has 126 valence electrons. The summed E-state index contributed by atoms with van der Waals surface area (Å²) in [6, 6.07) is 5.60. The van der Waals surface area contributed by atoms with E-state index in [9.17, 15) is 4.79 Å². The number of aromatic nitrogens is 6. The number of nitrogens with zero attached hydrogens (tertiary/aromatic N) is 6. The first-order valence-electron chi connectivity index (χ1n) is 7.34. The minimum absolute atomic E-state index is 0.0702. The molecule has 4 aromatic heterocycles. The van der Waals surface area contributed by atoms with Gasteiger partial charge in [0, 0.05) is 11.4 Å². The standard InChI is InChI=1S/C15H12N6O3S/c1-8-6-9(2)21-15(16-8)17-12(20-21)14(22)23-7-11-18-19-13(24-11)10-4-3-5-25-10/h3-6H,7H2,1-2H3. The average molecular weight is 356 g/mol. The summed E-state index contributed by atoms with van der Waals surface area (Å²) in [6.07, 6.45) is 0. The Bertz CT molecular complexity index is 1050. The van der Waals surface area contributed by atoms with Crippen molar-refractivity contribution in [2.45, 2.75) is 20.5 Å². The molecule has 0 fully saturated rings. The molecular formula is C15H12N6O3S. The van der Waals surface area contributed by atoms with E-state index in [2.05, 4.69) is 25.3 Å². The van der Waals surface area contributed by atoms with Gasteiger partial charge in [-0.1, -0.05) is 6.07 Å². The number of rotatable bonds is 4. The summed E-state index contributed by atoms with van der Waals surface area (Å²) in [4.78, 5) is 21.3. The fraction of sp³-hybridized carbons (Fsp3) is 0.200. The number of aryl methyl sites for hydroxylation is 2. The molecule has 4 aromatic rings. The first kappa shape index (κ1) is 15.4. The number of carbonyl (C=O) groups is 1. The molecule has 25 heavy (non-hydrogen) atoms. The van der Waals surface area contributed by atoms with Gasteiger partial charge in [0.15, 0.2) is 6.61 Å². The summed E-state index contributed by atoms with van der Waals surface area (Å²) < 4.78 is 12.1. The molecule has 4 heterocycles. The Hall–Kier alpha value is -3.14. The molecule has 0 aliphatic heterocycles. The first-order chi connectivity index (χ1) is 12.1. The van der Waals surface area contributed by atoms with Gasteiger partial charge < -0.3 is 9.15 Å². The van der Waals surface area contributed by atoms with E-state index in [0.717, 1.165) is 16.3 Å². The predicted molar refractivity (Wildman–Crippen MR) is 87.0 cm³/mol. The highest BCUT2D eigenvalue weighted by molar-refractivity contribution is 7.13. The normalized spacial score (nSPS) is 11.1. The van der Waals surface area contributed by atoms with Crippen LogP contribution >= 0.6 is 11.3 Å². The number of esters is 1. The lowest BCUT2D eigenvalue weighted by molar-refractivity contribution is 0.0424. The molecule has 0 N–H and O–H groups in total. The fourth-order valence-electron chi connectivity index (χ4n) is 2.26. The third-order valence-electron chi connectivity index (χ3n) is 3.33. The van der Waals surface area contributed by atoms with Crippen LogP contribution in [0.3, 0.4) is 0 Å². The van der Waals surface area contributed by atoms with Crippen LogP contribution < -0.4 is 0 Å². The van der Waals surface area contributed by atoms with Gasteiger partial charge in [0.05, 0.1) is 4.88 Å². The van der Waals surface area contributed by atoms with Gasteiger partial charge in [-0.3, -0.25) is 0 Å². The Morgan fingerprint density at radius 1 is 1.32 bits per heavy atom. The molecule has 0 aromatic carbocycles. The third kappa shape index (κ3) is 2.98. The molecule has 0 saturated heterocycles. The van der Waals surface area contributed by atoms with E-state index in [1.165, 1.54) is 15.9 Å². The Kier molecular flexibility index (Phi) is 3.73. The van der Waals surface area contributed by atoms with Crippen molar-refractivity contribution in [1.82, 2.24) is 29.8 Å². The molecule has 9 nitrogen and oxygen atoms in total. The van der Waals surface area contributed by atoms with Gasteiger partial charge >= 0.3 is 5.97 Å². The van der Waals surface area contributed by atoms with Crippen molar-refractivity contribution in [2.75, 3.05) is 0 Å². The molecule has 0 unspecified atom stereocenters. The largest absolute Gasteiger partial charge is 0.450 e. The lowest BCUT2D eigenvalue weighted by Gasteiger charge is -1.97. The van der Waals surface area contributed by atoms with Crippen LogP contribution in [0.5, 0.6) is 0 Å². The van der Waals surface area contributed by atoms with Gasteiger partial charge in [-0.25, -0.2) is 14.3 Å². The summed E-state index contributed by atoms with van der Waals surface area (Å²) in [6.45, 7) is 3.55. The van der Waals surface area contributed by atoms with Crippen LogP contribution in [-0.4, -0.2) is 35.7 Å². The molecule has 0 radical (unpaired) electrons. The van der Waals surface area contributed by atoms with Gasteiger partial charge in [-0.2, -0.15) is 4.98 Å². The van der Waals surface area contributed by atoms with Crippen LogP contribution in [0.25, 0.3) is 16.5 Å². The topological polar surface area (TPSA) is 108 Å². The second-order valence-corrected chi connectivity index (χ2v) is 6.19. The summed E-state index contributed by atoms with van der Waals surface area (Å²) in [5, 5.41) is 13.8. The first-order valence-corrected chi connectivity index (χ1v) is 8.22. The van der Waals surface area contributed by atoms with Crippen molar-refractivity contribution in [3.63, 3.8) is 0 Å². The van der Waals surface area contributed by atoms with Crippen LogP contribution in [0.1, 0.15) is 27.9 Å². The van der Waals surface area contributed by atoms with Gasteiger partial charge in [0.2, 0.25) is 0 Å². The van der Waals surface area contributed by atoms with E-state index in [1.54, 1.807) is 0 Å². The zero-order valence-electron chi connectivity index (χ0n) is 13.3. The average Bonchev–Trinajstić information content (AvgIpc) is 3.31. The van der Waals surface area contributed by atoms with Crippen molar-refractivity contribution in [1.29, 1.82) is 0 Å². The minimum Gasteiger partial charge on any atom is -0.450 e.